The van der Waals surface area contributed by atoms with E-state index in [1.54, 1.807) is 0 Å². The molecular weight excluding hydrogens is 322 g/mol. The van der Waals surface area contributed by atoms with E-state index in [9.17, 15) is 0 Å². The fourth-order valence-corrected chi connectivity index (χ4v) is 0. The Labute approximate surface area is 99.7 Å². The molecule has 0 saturated heterocycles. The molecule has 0 bridgehead atoms. The summed E-state index contributed by atoms with van der Waals surface area (Å²) < 4.78 is 0. The molecule has 0 aromatic heterocycles. The summed E-state index contributed by atoms with van der Waals surface area (Å²) in [4.78, 5) is 0. The van der Waals surface area contributed by atoms with E-state index in [2.05, 4.69) is 0 Å². The smallest absolute Gasteiger partial charge is 2.00 e. The van der Waals surface area contributed by atoms with Crippen molar-refractivity contribution < 1.29 is 100 Å². The zero-order valence-corrected chi connectivity index (χ0v) is 12.3. The molecular formula is Fe2O5Zn2. The van der Waals surface area contributed by atoms with Crippen LogP contribution >= 0.6 is 0 Å². The summed E-state index contributed by atoms with van der Waals surface area (Å²) in [5.41, 5.74) is 0. The van der Waals surface area contributed by atoms with Crippen LogP contribution in [0.1, 0.15) is 0 Å². The molecule has 0 aliphatic heterocycles. The summed E-state index contributed by atoms with van der Waals surface area (Å²) in [5.74, 6) is 0. The summed E-state index contributed by atoms with van der Waals surface area (Å²) in [6.45, 7) is 0. The van der Waals surface area contributed by atoms with Crippen LogP contribution in [-0.2, 0) is 100 Å². The van der Waals surface area contributed by atoms with Crippen molar-refractivity contribution in [1.82, 2.24) is 0 Å². The van der Waals surface area contributed by atoms with E-state index in [0.717, 1.165) is 0 Å². The minimum atomic E-state index is 0. The molecule has 0 spiro atoms. The summed E-state index contributed by atoms with van der Waals surface area (Å²) in [7, 11) is 0. The normalized spacial score (nSPS) is 0. The van der Waals surface area contributed by atoms with Gasteiger partial charge in [-0.2, -0.15) is 0 Å². The van der Waals surface area contributed by atoms with Gasteiger partial charge in [-0.3, -0.25) is 0 Å². The Morgan fingerprint density at radius 3 is 0.333 bits per heavy atom. The Morgan fingerprint density at radius 2 is 0.333 bits per heavy atom. The van der Waals surface area contributed by atoms with Gasteiger partial charge >= 0.3 is 73.1 Å². The Morgan fingerprint density at radius 1 is 0.333 bits per heavy atom. The molecule has 0 unspecified atom stereocenters. The quantitative estimate of drug-likeness (QED) is 0.525. The standard InChI is InChI=1S/2Fe.5O.2Zn/q2*+3;5*-2;2*+2. The van der Waals surface area contributed by atoms with Gasteiger partial charge < -0.3 is 27.4 Å². The van der Waals surface area contributed by atoms with E-state index >= 15 is 0 Å². The molecule has 5 nitrogen and oxygen atoms in total. The molecule has 0 aromatic carbocycles. The van der Waals surface area contributed by atoms with Gasteiger partial charge in [-0.15, -0.1) is 0 Å². The first-order valence-corrected chi connectivity index (χ1v) is 0. The van der Waals surface area contributed by atoms with E-state index in [-0.39, 0.29) is 100 Å². The second-order valence-electron chi connectivity index (χ2n) is 0. The molecule has 0 saturated carbocycles. The second-order valence-corrected chi connectivity index (χ2v) is 0. The predicted molar refractivity (Wildman–Crippen MR) is 3.43 cm³/mol. The Bertz CT molecular complexity index is 12.9. The second kappa shape index (κ2) is 191. The van der Waals surface area contributed by atoms with Gasteiger partial charge in [-0.05, 0) is 0 Å². The minimum absolute atomic E-state index is 0. The van der Waals surface area contributed by atoms with Crippen molar-refractivity contribution in [2.45, 2.75) is 0 Å². The van der Waals surface area contributed by atoms with Crippen LogP contribution in [0.4, 0.5) is 0 Å². The molecule has 0 atom stereocenters. The Hall–Kier alpha value is 2.09. The van der Waals surface area contributed by atoms with Crippen LogP contribution in [0.25, 0.3) is 0 Å². The van der Waals surface area contributed by atoms with Crippen molar-refractivity contribution in [3.05, 3.63) is 0 Å². The van der Waals surface area contributed by atoms with Crippen molar-refractivity contribution in [1.29, 1.82) is 0 Å². The Balaban J connectivity index is 0. The molecule has 9 heteroatoms. The molecule has 0 heterocycles. The van der Waals surface area contributed by atoms with Gasteiger partial charge in [0, 0.05) is 0 Å². The molecule has 50 valence electrons. The van der Waals surface area contributed by atoms with Gasteiger partial charge in [0.15, 0.2) is 0 Å². The van der Waals surface area contributed by atoms with Crippen molar-refractivity contribution in [2.75, 3.05) is 0 Å². The van der Waals surface area contributed by atoms with Gasteiger partial charge in [-0.1, -0.05) is 0 Å². The van der Waals surface area contributed by atoms with Gasteiger partial charge in [0.1, 0.15) is 0 Å². The minimum Gasteiger partial charge on any atom is -2.00 e. The average Bonchev–Trinajstić information content (AvgIpc) is 0. The maximum atomic E-state index is 0. The maximum Gasteiger partial charge on any atom is 3.00 e. The third-order valence-corrected chi connectivity index (χ3v) is 0. The zero-order chi connectivity index (χ0) is 0. The van der Waals surface area contributed by atoms with Crippen molar-refractivity contribution in [2.24, 2.45) is 0 Å². The van der Waals surface area contributed by atoms with Crippen LogP contribution in [0.2, 0.25) is 0 Å². The van der Waals surface area contributed by atoms with Crippen LogP contribution in [-0.4, -0.2) is 0 Å². The van der Waals surface area contributed by atoms with Crippen LogP contribution in [0, 0.1) is 0 Å². The van der Waals surface area contributed by atoms with Gasteiger partial charge in [-0.25, -0.2) is 0 Å². The molecule has 0 N–H and O–H groups in total. The number of rotatable bonds is 0. The summed E-state index contributed by atoms with van der Waals surface area (Å²) in [6, 6.07) is 0. The molecule has 2 radical (unpaired) electrons. The van der Waals surface area contributed by atoms with E-state index in [4.69, 9.17) is 0 Å². The topological polar surface area (TPSA) is 142 Å². The number of hydrogen-bond donors (Lipinski definition) is 0. The van der Waals surface area contributed by atoms with Crippen LogP contribution in [0.15, 0.2) is 0 Å². The maximum absolute atomic E-state index is 0. The van der Waals surface area contributed by atoms with E-state index in [0.29, 0.717) is 0 Å². The fourth-order valence-electron chi connectivity index (χ4n) is 0. The summed E-state index contributed by atoms with van der Waals surface area (Å²) in [6.07, 6.45) is 0. The molecule has 0 fully saturated rings. The molecule has 0 aliphatic carbocycles. The SMILES string of the molecule is [Fe+3].[Fe+3].[O-2].[O-2].[O-2].[O-2].[O-2].[Zn+2].[Zn+2]. The molecule has 0 rings (SSSR count). The summed E-state index contributed by atoms with van der Waals surface area (Å²) >= 11 is 0. The van der Waals surface area contributed by atoms with Gasteiger partial charge in [0.2, 0.25) is 0 Å². The largest absolute Gasteiger partial charge is 3.00 e. The Kier molecular flexibility index (Phi) is 5510. The predicted octanol–water partition coefficient (Wildman–Crippen LogP) is -0.604. The third kappa shape index (κ3) is 152. The van der Waals surface area contributed by atoms with Crippen LogP contribution < -0.4 is 0 Å². The average molecular weight is 322 g/mol. The number of hydrogen-bond acceptors (Lipinski definition) is 0. The first kappa shape index (κ1) is 259. The fraction of sp³-hybridized carbons (Fsp3) is 0. The van der Waals surface area contributed by atoms with Gasteiger partial charge in [0.05, 0.1) is 0 Å². The monoisotopic (exact) mass is 320 g/mol. The molecule has 0 aromatic rings. The molecule has 0 amide bonds. The zero-order valence-electron chi connectivity index (χ0n) is 4.16. The van der Waals surface area contributed by atoms with Crippen LogP contribution in [0.3, 0.4) is 0 Å². The molecule has 0 aliphatic rings. The summed E-state index contributed by atoms with van der Waals surface area (Å²) in [5, 5.41) is 0. The van der Waals surface area contributed by atoms with Crippen LogP contribution in [0.5, 0.6) is 0 Å². The van der Waals surface area contributed by atoms with E-state index in [1.807, 2.05) is 0 Å². The van der Waals surface area contributed by atoms with Crippen molar-refractivity contribution in [3.63, 3.8) is 0 Å². The first-order chi connectivity index (χ1) is 0. The van der Waals surface area contributed by atoms with Crippen molar-refractivity contribution in [3.8, 4) is 0 Å². The van der Waals surface area contributed by atoms with Crippen molar-refractivity contribution >= 4 is 0 Å². The van der Waals surface area contributed by atoms with E-state index in [1.165, 1.54) is 0 Å². The first-order valence-electron chi connectivity index (χ1n) is 0. The van der Waals surface area contributed by atoms with E-state index < -0.39 is 0 Å². The van der Waals surface area contributed by atoms with Gasteiger partial charge in [0.25, 0.3) is 0 Å². The molecule has 9 heavy (non-hydrogen) atoms. The third-order valence-electron chi connectivity index (χ3n) is 0.